The number of ether oxygens (including phenoxy) is 2. The molecule has 3 rings (SSSR count). The Bertz CT molecular complexity index is 805. The molecule has 5 nitrogen and oxygen atoms in total. The first-order chi connectivity index (χ1) is 12.3. The van der Waals surface area contributed by atoms with E-state index in [1.165, 1.54) is 5.56 Å². The lowest BCUT2D eigenvalue weighted by atomic mass is 10.1. The van der Waals surface area contributed by atoms with Crippen LogP contribution in [0.5, 0.6) is 11.8 Å². The van der Waals surface area contributed by atoms with Crippen molar-refractivity contribution in [3.63, 3.8) is 0 Å². The fourth-order valence-corrected chi connectivity index (χ4v) is 2.49. The zero-order chi connectivity index (χ0) is 17.5. The van der Waals surface area contributed by atoms with Gasteiger partial charge in [0.25, 0.3) is 0 Å². The second-order valence-corrected chi connectivity index (χ2v) is 5.52. The van der Waals surface area contributed by atoms with E-state index in [0.29, 0.717) is 6.01 Å². The predicted molar refractivity (Wildman–Crippen MR) is 99.2 cm³/mol. The van der Waals surface area contributed by atoms with Gasteiger partial charge in [0, 0.05) is 18.2 Å². The normalized spacial score (nSPS) is 10.3. The Labute approximate surface area is 147 Å². The number of benzene rings is 2. The Kier molecular flexibility index (Phi) is 5.46. The summed E-state index contributed by atoms with van der Waals surface area (Å²) in [5, 5.41) is 3.34. The van der Waals surface area contributed by atoms with Gasteiger partial charge in [0.15, 0.2) is 0 Å². The van der Waals surface area contributed by atoms with Crippen molar-refractivity contribution >= 4 is 5.82 Å². The van der Waals surface area contributed by atoms with E-state index in [1.54, 1.807) is 14.2 Å². The van der Waals surface area contributed by atoms with Crippen LogP contribution in [-0.4, -0.2) is 30.7 Å². The summed E-state index contributed by atoms with van der Waals surface area (Å²) in [6.45, 7) is 0.765. The zero-order valence-corrected chi connectivity index (χ0v) is 14.4. The van der Waals surface area contributed by atoms with Gasteiger partial charge < -0.3 is 14.8 Å². The van der Waals surface area contributed by atoms with Crippen molar-refractivity contribution in [1.29, 1.82) is 0 Å². The molecule has 0 spiro atoms. The van der Waals surface area contributed by atoms with Crippen molar-refractivity contribution in [3.05, 3.63) is 66.2 Å². The summed E-state index contributed by atoms with van der Waals surface area (Å²) in [4.78, 5) is 8.79. The maximum Gasteiger partial charge on any atom is 0.318 e. The number of rotatable bonds is 7. The monoisotopic (exact) mass is 335 g/mol. The molecule has 0 bridgehead atoms. The maximum absolute atomic E-state index is 5.23. The van der Waals surface area contributed by atoms with E-state index in [9.17, 15) is 0 Å². The number of anilines is 1. The molecule has 5 heteroatoms. The van der Waals surface area contributed by atoms with Crippen LogP contribution in [0.2, 0.25) is 0 Å². The molecule has 1 N–H and O–H groups in total. The van der Waals surface area contributed by atoms with Crippen LogP contribution in [0.15, 0.2) is 60.7 Å². The van der Waals surface area contributed by atoms with Crippen molar-refractivity contribution in [2.45, 2.75) is 6.42 Å². The smallest absolute Gasteiger partial charge is 0.318 e. The van der Waals surface area contributed by atoms with Gasteiger partial charge in [-0.25, -0.2) is 0 Å². The van der Waals surface area contributed by atoms with Gasteiger partial charge in [0.1, 0.15) is 11.6 Å². The first kappa shape index (κ1) is 16.8. The second-order valence-electron chi connectivity index (χ2n) is 5.52. The molecule has 25 heavy (non-hydrogen) atoms. The highest BCUT2D eigenvalue weighted by atomic mass is 16.5. The van der Waals surface area contributed by atoms with Crippen LogP contribution in [0.4, 0.5) is 5.82 Å². The van der Waals surface area contributed by atoms with Crippen molar-refractivity contribution in [2.75, 3.05) is 26.1 Å². The van der Waals surface area contributed by atoms with Gasteiger partial charge >= 0.3 is 6.01 Å². The molecule has 0 aliphatic heterocycles. The minimum atomic E-state index is 0.355. The third kappa shape index (κ3) is 4.47. The van der Waals surface area contributed by atoms with Crippen molar-refractivity contribution in [3.8, 4) is 23.0 Å². The van der Waals surface area contributed by atoms with Gasteiger partial charge in [0.05, 0.1) is 19.9 Å². The van der Waals surface area contributed by atoms with E-state index in [2.05, 4.69) is 27.4 Å². The van der Waals surface area contributed by atoms with Gasteiger partial charge in [-0.1, -0.05) is 42.5 Å². The summed E-state index contributed by atoms with van der Waals surface area (Å²) in [6.07, 6.45) is 0.886. The summed E-state index contributed by atoms with van der Waals surface area (Å²) in [7, 11) is 3.24. The highest BCUT2D eigenvalue weighted by molar-refractivity contribution is 5.62. The van der Waals surface area contributed by atoms with Gasteiger partial charge in [-0.3, -0.25) is 0 Å². The molecule has 0 atom stereocenters. The van der Waals surface area contributed by atoms with Crippen molar-refractivity contribution in [2.24, 2.45) is 0 Å². The number of aromatic nitrogens is 2. The summed E-state index contributed by atoms with van der Waals surface area (Å²) in [5.41, 5.74) is 3.10. The molecule has 0 saturated heterocycles. The molecule has 0 fully saturated rings. The molecule has 0 radical (unpaired) electrons. The van der Waals surface area contributed by atoms with Crippen LogP contribution in [0.25, 0.3) is 11.3 Å². The molecule has 0 amide bonds. The molecule has 0 unspecified atom stereocenters. The topological polar surface area (TPSA) is 56.3 Å². The Morgan fingerprint density at radius 2 is 1.64 bits per heavy atom. The molecular formula is C20H21N3O2. The van der Waals surface area contributed by atoms with Crippen LogP contribution in [0, 0.1) is 0 Å². The number of nitrogens with one attached hydrogen (secondary N) is 1. The minimum absolute atomic E-state index is 0.355. The fourth-order valence-electron chi connectivity index (χ4n) is 2.49. The Hall–Kier alpha value is -3.08. The van der Waals surface area contributed by atoms with Crippen molar-refractivity contribution in [1.82, 2.24) is 9.97 Å². The van der Waals surface area contributed by atoms with Gasteiger partial charge in [-0.2, -0.15) is 9.97 Å². The van der Waals surface area contributed by atoms with E-state index in [1.807, 2.05) is 48.5 Å². The molecule has 0 aliphatic carbocycles. The highest BCUT2D eigenvalue weighted by Crippen LogP contribution is 2.22. The fraction of sp³-hybridized carbons (Fsp3) is 0.200. The Balaban J connectivity index is 1.69. The van der Waals surface area contributed by atoms with Gasteiger partial charge in [0.2, 0.25) is 0 Å². The number of hydrogen-bond acceptors (Lipinski definition) is 5. The summed E-state index contributed by atoms with van der Waals surface area (Å²) in [6, 6.07) is 20.4. The highest BCUT2D eigenvalue weighted by Gasteiger charge is 2.07. The minimum Gasteiger partial charge on any atom is -0.497 e. The first-order valence-corrected chi connectivity index (χ1v) is 8.14. The molecule has 0 aliphatic rings. The second kappa shape index (κ2) is 8.15. The molecular weight excluding hydrogens is 314 g/mol. The van der Waals surface area contributed by atoms with Crippen LogP contribution in [0.3, 0.4) is 0 Å². The summed E-state index contributed by atoms with van der Waals surface area (Å²) in [5.74, 6) is 1.61. The summed E-state index contributed by atoms with van der Waals surface area (Å²) >= 11 is 0. The number of nitrogens with zero attached hydrogens (tertiary/aromatic N) is 2. The molecule has 3 aromatic rings. The third-order valence-electron chi connectivity index (χ3n) is 3.84. The number of methoxy groups -OCH3 is 2. The molecule has 1 aromatic heterocycles. The van der Waals surface area contributed by atoms with E-state index in [4.69, 9.17) is 9.47 Å². The predicted octanol–water partition coefficient (Wildman–Crippen LogP) is 3.82. The Morgan fingerprint density at radius 1 is 0.880 bits per heavy atom. The quantitative estimate of drug-likeness (QED) is 0.711. The van der Waals surface area contributed by atoms with E-state index in [-0.39, 0.29) is 0 Å². The third-order valence-corrected chi connectivity index (χ3v) is 3.84. The largest absolute Gasteiger partial charge is 0.497 e. The summed E-state index contributed by atoms with van der Waals surface area (Å²) < 4.78 is 10.4. The molecule has 1 heterocycles. The molecule has 0 saturated carbocycles. The van der Waals surface area contributed by atoms with Crippen LogP contribution < -0.4 is 14.8 Å². The van der Waals surface area contributed by atoms with Crippen LogP contribution in [-0.2, 0) is 6.42 Å². The molecule has 128 valence electrons. The first-order valence-electron chi connectivity index (χ1n) is 8.14. The lowest BCUT2D eigenvalue weighted by Crippen LogP contribution is -2.08. The lowest BCUT2D eigenvalue weighted by Gasteiger charge is -2.10. The van der Waals surface area contributed by atoms with Crippen LogP contribution in [0.1, 0.15) is 5.56 Å². The standard InChI is InChI=1S/C20H21N3O2/c1-24-17-10-8-15(9-11-17)12-13-21-19-14-18(22-20(23-19)25-2)16-6-4-3-5-7-16/h3-11,14H,12-13H2,1-2H3,(H,21,22,23). The average Bonchev–Trinajstić information content (AvgIpc) is 2.69. The van der Waals surface area contributed by atoms with Crippen LogP contribution >= 0.6 is 0 Å². The lowest BCUT2D eigenvalue weighted by molar-refractivity contribution is 0.381. The maximum atomic E-state index is 5.23. The van der Waals surface area contributed by atoms with Gasteiger partial charge in [-0.05, 0) is 24.1 Å². The SMILES string of the molecule is COc1ccc(CCNc2cc(-c3ccccc3)nc(OC)n2)cc1. The zero-order valence-electron chi connectivity index (χ0n) is 14.4. The Morgan fingerprint density at radius 3 is 2.32 bits per heavy atom. The van der Waals surface area contributed by atoms with E-state index >= 15 is 0 Å². The number of hydrogen-bond donors (Lipinski definition) is 1. The molecule has 2 aromatic carbocycles. The van der Waals surface area contributed by atoms with E-state index in [0.717, 1.165) is 35.8 Å². The van der Waals surface area contributed by atoms with E-state index < -0.39 is 0 Å². The average molecular weight is 335 g/mol. The van der Waals surface area contributed by atoms with Crippen molar-refractivity contribution < 1.29 is 9.47 Å². The van der Waals surface area contributed by atoms with Gasteiger partial charge in [-0.15, -0.1) is 0 Å².